The van der Waals surface area contributed by atoms with Gasteiger partial charge >= 0.3 is 0 Å². The second kappa shape index (κ2) is 8.63. The van der Waals surface area contributed by atoms with E-state index in [1.165, 1.54) is 12.4 Å². The number of aromatic amines is 1. The van der Waals surface area contributed by atoms with Crippen LogP contribution in [0.15, 0.2) is 36.7 Å². The number of H-pyrrole nitrogens is 1. The number of fused-ring (bicyclic) bond motifs is 2. The van der Waals surface area contributed by atoms with E-state index in [1.807, 2.05) is 24.3 Å². The van der Waals surface area contributed by atoms with Gasteiger partial charge in [0.15, 0.2) is 11.4 Å². The zero-order valence-corrected chi connectivity index (χ0v) is 17.5. The molecule has 0 unspecified atom stereocenters. The number of nitrogens with one attached hydrogen (secondary N) is 2. The molecule has 1 aliphatic heterocycles. The number of benzene rings is 1. The van der Waals surface area contributed by atoms with Crippen molar-refractivity contribution >= 4 is 28.8 Å². The lowest BCUT2D eigenvalue weighted by molar-refractivity contribution is -0.122. The molecule has 3 amide bonds. The molecule has 9 nitrogen and oxygen atoms in total. The first kappa shape index (κ1) is 20.6. The normalized spacial score (nSPS) is 14.4. The third-order valence-corrected chi connectivity index (χ3v) is 5.16. The predicted octanol–water partition coefficient (Wildman–Crippen LogP) is 2.63. The van der Waals surface area contributed by atoms with Gasteiger partial charge in [-0.2, -0.15) is 0 Å². The number of hydrogen-bond acceptors (Lipinski definition) is 6. The topological polar surface area (TPSA) is 121 Å². The summed E-state index contributed by atoms with van der Waals surface area (Å²) in [5.41, 5.74) is 1.92. The number of aromatic nitrogens is 4. The first-order chi connectivity index (χ1) is 14.9. The van der Waals surface area contributed by atoms with Crippen LogP contribution in [0.5, 0.6) is 0 Å². The molecule has 1 aliphatic rings. The van der Waals surface area contributed by atoms with Crippen molar-refractivity contribution in [3.05, 3.63) is 53.9 Å². The number of imidazole rings is 1. The highest BCUT2D eigenvalue weighted by Crippen LogP contribution is 2.23. The molecule has 4 rings (SSSR count). The van der Waals surface area contributed by atoms with Gasteiger partial charge in [0.05, 0.1) is 17.1 Å². The molecule has 2 aromatic heterocycles. The molecule has 0 fully saturated rings. The summed E-state index contributed by atoms with van der Waals surface area (Å²) in [6, 6.07) is 7.49. The molecule has 1 atom stereocenters. The van der Waals surface area contributed by atoms with Crippen molar-refractivity contribution in [1.82, 2.24) is 30.2 Å². The smallest absolute Gasteiger partial charge is 0.281 e. The number of carbonyl (C=O) groups excluding carboxylic acids is 3. The number of carbonyl (C=O) groups is 3. The van der Waals surface area contributed by atoms with Crippen LogP contribution in [-0.2, 0) is 4.79 Å². The van der Waals surface area contributed by atoms with E-state index in [0.29, 0.717) is 12.3 Å². The standard InChI is InChI=1S/C22H24N6O3/c1-13(2)12-16(20-26-14-6-3-4-7-15(14)27-20)25-17(29)8-5-11-28-21(30)18-19(22(28)31)24-10-9-23-18/h3-4,6-7,9-10,13,16H,5,8,11-12H2,1-2H3,(H,25,29)(H,26,27)/t16-/m0/s1. The Morgan fingerprint density at radius 3 is 2.42 bits per heavy atom. The van der Waals surface area contributed by atoms with Crippen molar-refractivity contribution < 1.29 is 14.4 Å². The Labute approximate surface area is 179 Å². The second-order valence-corrected chi connectivity index (χ2v) is 8.01. The Morgan fingerprint density at radius 1 is 1.10 bits per heavy atom. The molecule has 0 saturated carbocycles. The van der Waals surface area contributed by atoms with Gasteiger partial charge in [-0.3, -0.25) is 19.3 Å². The zero-order chi connectivity index (χ0) is 22.0. The quantitative estimate of drug-likeness (QED) is 0.541. The first-order valence-corrected chi connectivity index (χ1v) is 10.3. The molecular weight excluding hydrogens is 396 g/mol. The van der Waals surface area contributed by atoms with Crippen LogP contribution in [0.1, 0.15) is 66.0 Å². The molecule has 3 heterocycles. The predicted molar refractivity (Wildman–Crippen MR) is 113 cm³/mol. The fourth-order valence-electron chi connectivity index (χ4n) is 3.71. The molecule has 3 aromatic rings. The van der Waals surface area contributed by atoms with Crippen LogP contribution in [0.3, 0.4) is 0 Å². The van der Waals surface area contributed by atoms with Gasteiger partial charge in [-0.25, -0.2) is 15.0 Å². The van der Waals surface area contributed by atoms with Gasteiger partial charge in [-0.1, -0.05) is 26.0 Å². The average Bonchev–Trinajstić information content (AvgIpc) is 3.28. The van der Waals surface area contributed by atoms with Gasteiger partial charge in [-0.15, -0.1) is 0 Å². The molecule has 0 spiro atoms. The van der Waals surface area contributed by atoms with E-state index >= 15 is 0 Å². The lowest BCUT2D eigenvalue weighted by atomic mass is 10.0. The summed E-state index contributed by atoms with van der Waals surface area (Å²) in [4.78, 5) is 54.2. The van der Waals surface area contributed by atoms with Crippen LogP contribution in [0, 0.1) is 5.92 Å². The number of hydrogen-bond donors (Lipinski definition) is 2. The third-order valence-electron chi connectivity index (χ3n) is 5.16. The van der Waals surface area contributed by atoms with Crippen LogP contribution in [-0.4, -0.2) is 49.1 Å². The van der Waals surface area contributed by atoms with Crippen LogP contribution in [0.4, 0.5) is 0 Å². The maximum absolute atomic E-state index is 12.6. The Bertz CT molecular complexity index is 1070. The minimum atomic E-state index is -0.464. The second-order valence-electron chi connectivity index (χ2n) is 8.01. The molecule has 1 aromatic carbocycles. The van der Waals surface area contributed by atoms with Gasteiger partial charge in [0.2, 0.25) is 5.91 Å². The fourth-order valence-corrected chi connectivity index (χ4v) is 3.71. The summed E-state index contributed by atoms with van der Waals surface area (Å²) in [7, 11) is 0. The van der Waals surface area contributed by atoms with Crippen molar-refractivity contribution in [2.75, 3.05) is 6.54 Å². The SMILES string of the molecule is CC(C)C[C@H](NC(=O)CCCN1C(=O)c2nccnc2C1=O)c1nc2ccccc2[nH]1. The Kier molecular flexibility index (Phi) is 5.75. The minimum absolute atomic E-state index is 0.0684. The summed E-state index contributed by atoms with van der Waals surface area (Å²) in [5, 5.41) is 3.04. The van der Waals surface area contributed by atoms with Crippen molar-refractivity contribution in [1.29, 1.82) is 0 Å². The van der Waals surface area contributed by atoms with Crippen molar-refractivity contribution in [2.24, 2.45) is 5.92 Å². The summed E-state index contributed by atoms with van der Waals surface area (Å²) in [6.45, 7) is 4.32. The van der Waals surface area contributed by atoms with Crippen molar-refractivity contribution in [2.45, 2.75) is 39.2 Å². The molecule has 0 saturated heterocycles. The number of imide groups is 1. The maximum atomic E-state index is 12.6. The maximum Gasteiger partial charge on any atom is 0.281 e. The zero-order valence-electron chi connectivity index (χ0n) is 17.5. The first-order valence-electron chi connectivity index (χ1n) is 10.3. The summed E-state index contributed by atoms with van der Waals surface area (Å²) >= 11 is 0. The number of para-hydroxylation sites is 2. The van der Waals surface area contributed by atoms with Gasteiger partial charge in [0.25, 0.3) is 11.8 Å². The highest BCUT2D eigenvalue weighted by Gasteiger charge is 2.37. The van der Waals surface area contributed by atoms with E-state index in [-0.39, 0.29) is 36.3 Å². The van der Waals surface area contributed by atoms with E-state index < -0.39 is 11.8 Å². The molecule has 2 N–H and O–H groups in total. The van der Waals surface area contributed by atoms with Crippen molar-refractivity contribution in [3.8, 4) is 0 Å². The molecule has 9 heteroatoms. The molecular formula is C22H24N6O3. The molecule has 0 radical (unpaired) electrons. The molecule has 0 aliphatic carbocycles. The number of amides is 3. The Morgan fingerprint density at radius 2 is 1.77 bits per heavy atom. The minimum Gasteiger partial charge on any atom is -0.346 e. The van der Waals surface area contributed by atoms with Gasteiger partial charge < -0.3 is 10.3 Å². The monoisotopic (exact) mass is 420 g/mol. The van der Waals surface area contributed by atoms with Crippen LogP contribution in [0.2, 0.25) is 0 Å². The average molecular weight is 420 g/mol. The van der Waals surface area contributed by atoms with E-state index in [0.717, 1.165) is 28.2 Å². The molecule has 31 heavy (non-hydrogen) atoms. The van der Waals surface area contributed by atoms with E-state index in [4.69, 9.17) is 0 Å². The van der Waals surface area contributed by atoms with Crippen molar-refractivity contribution in [3.63, 3.8) is 0 Å². The van der Waals surface area contributed by atoms with E-state index in [9.17, 15) is 14.4 Å². The van der Waals surface area contributed by atoms with Crippen LogP contribution < -0.4 is 5.32 Å². The van der Waals surface area contributed by atoms with Crippen LogP contribution in [0.25, 0.3) is 11.0 Å². The fraction of sp³-hybridized carbons (Fsp3) is 0.364. The Hall–Kier alpha value is -3.62. The third kappa shape index (κ3) is 4.30. The van der Waals surface area contributed by atoms with Crippen LogP contribution >= 0.6 is 0 Å². The number of rotatable bonds is 8. The van der Waals surface area contributed by atoms with E-state index in [1.54, 1.807) is 0 Å². The summed E-state index contributed by atoms with van der Waals surface area (Å²) in [5.74, 6) is -0.00138. The summed E-state index contributed by atoms with van der Waals surface area (Å²) < 4.78 is 0. The lowest BCUT2D eigenvalue weighted by Gasteiger charge is -2.19. The molecule has 160 valence electrons. The largest absolute Gasteiger partial charge is 0.346 e. The highest BCUT2D eigenvalue weighted by atomic mass is 16.2. The van der Waals surface area contributed by atoms with Gasteiger partial charge in [0.1, 0.15) is 5.82 Å². The Balaban J connectivity index is 1.36. The van der Waals surface area contributed by atoms with E-state index in [2.05, 4.69) is 39.1 Å². The highest BCUT2D eigenvalue weighted by molar-refractivity contribution is 6.19. The van der Waals surface area contributed by atoms with Gasteiger partial charge in [-0.05, 0) is 30.9 Å². The lowest BCUT2D eigenvalue weighted by Crippen LogP contribution is -2.33. The van der Waals surface area contributed by atoms with Gasteiger partial charge in [0, 0.05) is 25.4 Å². The number of nitrogens with zero attached hydrogens (tertiary/aromatic N) is 4. The molecule has 0 bridgehead atoms. The summed E-state index contributed by atoms with van der Waals surface area (Å²) in [6.07, 6.45) is 4.04.